The lowest BCUT2D eigenvalue weighted by Gasteiger charge is -2.12. The van der Waals surface area contributed by atoms with Gasteiger partial charge in [-0.05, 0) is 55.2 Å². The number of aryl methyl sites for hydroxylation is 1. The Labute approximate surface area is 180 Å². The molecule has 0 bridgehead atoms. The summed E-state index contributed by atoms with van der Waals surface area (Å²) in [5.74, 6) is 0.307. The van der Waals surface area contributed by atoms with Crippen LogP contribution in [0.2, 0.25) is 0 Å². The van der Waals surface area contributed by atoms with Crippen LogP contribution in [0.15, 0.2) is 42.6 Å². The van der Waals surface area contributed by atoms with E-state index >= 15 is 0 Å². The summed E-state index contributed by atoms with van der Waals surface area (Å²) in [5, 5.41) is 3.34. The van der Waals surface area contributed by atoms with Gasteiger partial charge < -0.3 is 14.8 Å². The summed E-state index contributed by atoms with van der Waals surface area (Å²) in [6.07, 6.45) is 4.21. The number of amides is 1. The molecule has 3 aromatic rings. The van der Waals surface area contributed by atoms with Gasteiger partial charge >= 0.3 is 0 Å². The van der Waals surface area contributed by atoms with E-state index in [0.29, 0.717) is 53.1 Å². The van der Waals surface area contributed by atoms with Crippen LogP contribution in [0.4, 0.5) is 10.1 Å². The quantitative estimate of drug-likeness (QED) is 0.347. The third-order valence-corrected chi connectivity index (χ3v) is 4.96. The number of unbranched alkanes of at least 4 members (excludes halogenated alkanes) is 1. The van der Waals surface area contributed by atoms with Crippen molar-refractivity contribution in [2.45, 2.75) is 32.6 Å². The molecule has 0 aliphatic rings. The Morgan fingerprint density at radius 3 is 2.77 bits per heavy atom. The molecule has 31 heavy (non-hydrogen) atoms. The molecule has 0 spiro atoms. The first-order valence-corrected chi connectivity index (χ1v) is 10.1. The minimum Gasteiger partial charge on any atom is -0.456 e. The first kappa shape index (κ1) is 22.4. The average Bonchev–Trinajstić information content (AvgIpc) is 2.74. The maximum absolute atomic E-state index is 14.6. The average molecular weight is 424 g/mol. The van der Waals surface area contributed by atoms with Crippen LogP contribution in [0.5, 0.6) is 11.5 Å². The number of fused-ring (bicyclic) bond motifs is 1. The van der Waals surface area contributed by atoms with Crippen molar-refractivity contribution in [3.8, 4) is 11.5 Å². The fraction of sp³-hybridized carbons (Fsp3) is 0.292. The summed E-state index contributed by atoms with van der Waals surface area (Å²) < 4.78 is 25.4. The van der Waals surface area contributed by atoms with Gasteiger partial charge in [-0.1, -0.05) is 6.07 Å². The van der Waals surface area contributed by atoms with Crippen LogP contribution >= 0.6 is 0 Å². The topological polar surface area (TPSA) is 77.5 Å². The van der Waals surface area contributed by atoms with Crippen molar-refractivity contribution < 1.29 is 23.5 Å². The molecule has 7 heteroatoms. The number of carbonyl (C=O) groups excluding carboxylic acids is 2. The Hall–Kier alpha value is -3.32. The van der Waals surface area contributed by atoms with Gasteiger partial charge in [0.2, 0.25) is 6.41 Å². The Morgan fingerprint density at radius 2 is 2.03 bits per heavy atom. The number of halogens is 1. The van der Waals surface area contributed by atoms with Crippen molar-refractivity contribution in [3.05, 3.63) is 59.5 Å². The molecule has 0 saturated heterocycles. The minimum absolute atomic E-state index is 0.00521. The Morgan fingerprint density at radius 1 is 1.19 bits per heavy atom. The van der Waals surface area contributed by atoms with Crippen LogP contribution in [0.25, 0.3) is 10.9 Å². The molecular formula is C24H25FN2O4. The molecule has 1 heterocycles. The third-order valence-electron chi connectivity index (χ3n) is 4.96. The Kier molecular flexibility index (Phi) is 7.67. The number of hydrogen-bond acceptors (Lipinski definition) is 5. The summed E-state index contributed by atoms with van der Waals surface area (Å²) in [6, 6.07) is 9.78. The number of Topliss-reactive ketones (excluding diaryl/α,β-unsaturated/α-hetero) is 1. The molecule has 0 saturated carbocycles. The van der Waals surface area contributed by atoms with E-state index < -0.39 is 5.82 Å². The predicted molar refractivity (Wildman–Crippen MR) is 117 cm³/mol. The lowest BCUT2D eigenvalue weighted by atomic mass is 10.0. The lowest BCUT2D eigenvalue weighted by molar-refractivity contribution is -0.118. The SMILES string of the molecule is COCCCCC(=O)Cc1ccc(Oc2ccnc3cc(C)c(NC=O)cc23)cc1F. The van der Waals surface area contributed by atoms with Gasteiger partial charge in [-0.25, -0.2) is 4.39 Å². The van der Waals surface area contributed by atoms with E-state index in [9.17, 15) is 14.0 Å². The largest absolute Gasteiger partial charge is 0.456 e. The van der Waals surface area contributed by atoms with E-state index in [4.69, 9.17) is 9.47 Å². The molecule has 0 unspecified atom stereocenters. The van der Waals surface area contributed by atoms with Crippen molar-refractivity contribution in [2.24, 2.45) is 0 Å². The maximum Gasteiger partial charge on any atom is 0.211 e. The molecular weight excluding hydrogens is 399 g/mol. The number of carbonyl (C=O) groups is 2. The zero-order chi connectivity index (χ0) is 22.2. The molecule has 3 rings (SSSR count). The molecule has 0 atom stereocenters. The highest BCUT2D eigenvalue weighted by Crippen LogP contribution is 2.32. The number of nitrogens with one attached hydrogen (secondary N) is 1. The van der Waals surface area contributed by atoms with E-state index in [1.54, 1.807) is 37.6 Å². The Balaban J connectivity index is 1.75. The highest BCUT2D eigenvalue weighted by atomic mass is 19.1. The predicted octanol–water partition coefficient (Wildman–Crippen LogP) is 4.97. The van der Waals surface area contributed by atoms with Crippen LogP contribution in [-0.2, 0) is 20.7 Å². The van der Waals surface area contributed by atoms with Crippen molar-refractivity contribution in [1.82, 2.24) is 4.98 Å². The number of ether oxygens (including phenoxy) is 2. The van der Waals surface area contributed by atoms with Crippen molar-refractivity contribution >= 4 is 28.8 Å². The fourth-order valence-electron chi connectivity index (χ4n) is 3.31. The number of ketones is 1. The zero-order valence-electron chi connectivity index (χ0n) is 17.6. The molecule has 1 amide bonds. The smallest absolute Gasteiger partial charge is 0.211 e. The standard InChI is InChI=1S/C24H25FN2O4/c1-16-11-23-20(14-22(16)27-15-28)24(8-9-26-23)31-19-7-6-17(21(25)13-19)12-18(29)5-3-4-10-30-2/h6-9,11,13-15H,3-5,10,12H2,1-2H3,(H,27,28). The van der Waals surface area contributed by atoms with Crippen molar-refractivity contribution in [2.75, 3.05) is 19.0 Å². The number of benzene rings is 2. The third kappa shape index (κ3) is 5.86. The van der Waals surface area contributed by atoms with Crippen molar-refractivity contribution in [3.63, 3.8) is 0 Å². The molecule has 162 valence electrons. The second-order valence-corrected chi connectivity index (χ2v) is 7.28. The molecule has 0 radical (unpaired) electrons. The number of pyridine rings is 1. The summed E-state index contributed by atoms with van der Waals surface area (Å²) in [6.45, 7) is 2.48. The maximum atomic E-state index is 14.6. The van der Waals surface area contributed by atoms with Crippen LogP contribution < -0.4 is 10.1 Å². The number of nitrogens with zero attached hydrogens (tertiary/aromatic N) is 1. The van der Waals surface area contributed by atoms with Crippen LogP contribution in [0, 0.1) is 12.7 Å². The van der Waals surface area contributed by atoms with Gasteiger partial charge in [0.15, 0.2) is 0 Å². The van der Waals surface area contributed by atoms with Gasteiger partial charge in [0, 0.05) is 49.9 Å². The molecule has 6 nitrogen and oxygen atoms in total. The molecule has 0 fully saturated rings. The van der Waals surface area contributed by atoms with Crippen LogP contribution in [-0.4, -0.2) is 30.9 Å². The van der Waals surface area contributed by atoms with Gasteiger partial charge in [-0.2, -0.15) is 0 Å². The second-order valence-electron chi connectivity index (χ2n) is 7.28. The van der Waals surface area contributed by atoms with Crippen LogP contribution in [0.3, 0.4) is 0 Å². The summed E-state index contributed by atoms with van der Waals surface area (Å²) in [4.78, 5) is 27.3. The van der Waals surface area contributed by atoms with E-state index in [0.717, 1.165) is 18.4 Å². The van der Waals surface area contributed by atoms with E-state index in [1.165, 1.54) is 6.07 Å². The summed E-state index contributed by atoms with van der Waals surface area (Å²) >= 11 is 0. The van der Waals surface area contributed by atoms with Gasteiger partial charge in [0.05, 0.1) is 5.52 Å². The number of anilines is 1. The molecule has 2 aromatic carbocycles. The van der Waals surface area contributed by atoms with E-state index in [-0.39, 0.29) is 12.2 Å². The number of aromatic nitrogens is 1. The van der Waals surface area contributed by atoms with Gasteiger partial charge in [0.25, 0.3) is 0 Å². The number of methoxy groups -OCH3 is 1. The summed E-state index contributed by atoms with van der Waals surface area (Å²) in [7, 11) is 1.62. The fourth-order valence-corrected chi connectivity index (χ4v) is 3.31. The number of hydrogen-bond donors (Lipinski definition) is 1. The highest BCUT2D eigenvalue weighted by molar-refractivity contribution is 5.91. The normalized spacial score (nSPS) is 10.8. The van der Waals surface area contributed by atoms with Gasteiger partial charge in [-0.3, -0.25) is 14.6 Å². The first-order chi connectivity index (χ1) is 15.0. The zero-order valence-corrected chi connectivity index (χ0v) is 17.6. The lowest BCUT2D eigenvalue weighted by Crippen LogP contribution is -2.05. The molecule has 0 aliphatic carbocycles. The highest BCUT2D eigenvalue weighted by Gasteiger charge is 2.12. The summed E-state index contributed by atoms with van der Waals surface area (Å²) in [5.41, 5.74) is 2.55. The van der Waals surface area contributed by atoms with Crippen molar-refractivity contribution in [1.29, 1.82) is 0 Å². The number of rotatable bonds is 11. The van der Waals surface area contributed by atoms with Crippen LogP contribution in [0.1, 0.15) is 30.4 Å². The molecule has 1 N–H and O–H groups in total. The molecule has 0 aliphatic heterocycles. The first-order valence-electron chi connectivity index (χ1n) is 10.1. The Bertz CT molecular complexity index is 1080. The van der Waals surface area contributed by atoms with Gasteiger partial charge in [0.1, 0.15) is 23.1 Å². The molecule has 1 aromatic heterocycles. The second kappa shape index (κ2) is 10.6. The van der Waals surface area contributed by atoms with Gasteiger partial charge in [-0.15, -0.1) is 0 Å². The minimum atomic E-state index is -0.486. The van der Waals surface area contributed by atoms with E-state index in [1.807, 2.05) is 13.0 Å². The monoisotopic (exact) mass is 424 g/mol. The van der Waals surface area contributed by atoms with E-state index in [2.05, 4.69) is 10.3 Å².